The van der Waals surface area contributed by atoms with Crippen LogP contribution >= 0.6 is 0 Å². The molecule has 8 heteroatoms. The Labute approximate surface area is 203 Å². The first-order valence-electron chi connectivity index (χ1n) is 11.6. The lowest BCUT2D eigenvalue weighted by molar-refractivity contribution is -0.160. The monoisotopic (exact) mass is 482 g/mol. The van der Waals surface area contributed by atoms with E-state index in [1.54, 1.807) is 13.0 Å². The Kier molecular flexibility index (Phi) is 7.00. The molecule has 0 fully saturated rings. The molecule has 0 N–H and O–H groups in total. The van der Waals surface area contributed by atoms with Crippen LogP contribution in [-0.4, -0.2) is 39.4 Å². The molecule has 0 saturated carbocycles. The van der Waals surface area contributed by atoms with Crippen molar-refractivity contribution in [3.63, 3.8) is 0 Å². The summed E-state index contributed by atoms with van der Waals surface area (Å²) in [5.41, 5.74) is 3.63. The van der Waals surface area contributed by atoms with Gasteiger partial charge >= 0.3 is 17.6 Å². The fourth-order valence-electron chi connectivity index (χ4n) is 5.16. The Morgan fingerprint density at radius 2 is 1.77 bits per heavy atom. The predicted molar refractivity (Wildman–Crippen MR) is 126 cm³/mol. The maximum absolute atomic E-state index is 13.0. The van der Waals surface area contributed by atoms with Gasteiger partial charge in [-0.3, -0.25) is 9.59 Å². The smallest absolute Gasteiger partial charge is 0.342 e. The standard InChI is InChI=1S/C27H30O8/c1-14-6-7-22(15(2)8-14)33-12-17-10-20(25(28)31-4)24(27(30)32-5)18-11-19-23(34-13-21(17)18)9-16(3)35-26(19)29/h6-9,18,20,24H,10-13H2,1-5H3/t18-,20+,24+/m1/s1. The minimum Gasteiger partial charge on any atom is -0.489 e. The van der Waals surface area contributed by atoms with Gasteiger partial charge in [0.25, 0.3) is 0 Å². The summed E-state index contributed by atoms with van der Waals surface area (Å²) in [7, 11) is 2.59. The molecule has 1 aliphatic carbocycles. The van der Waals surface area contributed by atoms with Crippen LogP contribution in [0.15, 0.2) is 44.6 Å². The van der Waals surface area contributed by atoms with Crippen LogP contribution in [0.3, 0.4) is 0 Å². The summed E-state index contributed by atoms with van der Waals surface area (Å²) in [5, 5.41) is 0. The number of rotatable bonds is 5. The number of methoxy groups -OCH3 is 2. The molecule has 2 heterocycles. The quantitative estimate of drug-likeness (QED) is 0.472. The van der Waals surface area contributed by atoms with Gasteiger partial charge in [-0.2, -0.15) is 0 Å². The average Bonchev–Trinajstić information content (AvgIpc) is 3.02. The molecule has 0 saturated heterocycles. The van der Waals surface area contributed by atoms with Gasteiger partial charge in [-0.25, -0.2) is 4.79 Å². The van der Waals surface area contributed by atoms with Crippen molar-refractivity contribution in [2.24, 2.45) is 17.8 Å². The van der Waals surface area contributed by atoms with E-state index in [9.17, 15) is 14.4 Å². The zero-order chi connectivity index (χ0) is 25.3. The second-order valence-electron chi connectivity index (χ2n) is 9.16. The zero-order valence-electron chi connectivity index (χ0n) is 20.6. The topological polar surface area (TPSA) is 101 Å². The fraction of sp³-hybridized carbons (Fsp3) is 0.444. The van der Waals surface area contributed by atoms with Crippen LogP contribution in [-0.2, 0) is 25.5 Å². The van der Waals surface area contributed by atoms with E-state index >= 15 is 0 Å². The Morgan fingerprint density at radius 1 is 1.03 bits per heavy atom. The second-order valence-corrected chi connectivity index (χ2v) is 9.16. The summed E-state index contributed by atoms with van der Waals surface area (Å²) in [5.74, 6) is -1.57. The van der Waals surface area contributed by atoms with Crippen LogP contribution < -0.4 is 15.1 Å². The highest BCUT2D eigenvalue weighted by molar-refractivity contribution is 5.83. The number of aryl methyl sites for hydroxylation is 3. The number of carbonyl (C=O) groups is 2. The molecule has 0 amide bonds. The molecular weight excluding hydrogens is 452 g/mol. The van der Waals surface area contributed by atoms with Crippen molar-refractivity contribution in [3.8, 4) is 11.5 Å². The number of esters is 2. The van der Waals surface area contributed by atoms with Crippen molar-refractivity contribution in [1.82, 2.24) is 0 Å². The highest BCUT2D eigenvalue weighted by Crippen LogP contribution is 2.44. The Hall–Kier alpha value is -3.55. The molecule has 8 nitrogen and oxygen atoms in total. The van der Waals surface area contributed by atoms with Gasteiger partial charge in [0.1, 0.15) is 30.5 Å². The molecule has 0 radical (unpaired) electrons. The van der Waals surface area contributed by atoms with Crippen molar-refractivity contribution in [3.05, 3.63) is 68.3 Å². The molecule has 4 rings (SSSR count). The predicted octanol–water partition coefficient (Wildman–Crippen LogP) is 3.47. The van der Waals surface area contributed by atoms with Gasteiger partial charge in [-0.15, -0.1) is 0 Å². The third-order valence-electron chi connectivity index (χ3n) is 6.88. The van der Waals surface area contributed by atoms with Crippen molar-refractivity contribution in [2.45, 2.75) is 33.6 Å². The van der Waals surface area contributed by atoms with Gasteiger partial charge in [-0.05, 0) is 56.4 Å². The van der Waals surface area contributed by atoms with Crippen LogP contribution in [0.4, 0.5) is 0 Å². The Bertz CT molecular complexity index is 1240. The molecule has 186 valence electrons. The molecule has 35 heavy (non-hydrogen) atoms. The van der Waals surface area contributed by atoms with Crippen molar-refractivity contribution >= 4 is 11.9 Å². The summed E-state index contributed by atoms with van der Waals surface area (Å²) in [4.78, 5) is 38.5. The number of fused-ring (bicyclic) bond motifs is 2. The zero-order valence-corrected chi connectivity index (χ0v) is 20.6. The molecule has 2 aromatic rings. The van der Waals surface area contributed by atoms with E-state index in [4.69, 9.17) is 23.4 Å². The first-order chi connectivity index (χ1) is 16.7. The van der Waals surface area contributed by atoms with E-state index in [2.05, 4.69) is 0 Å². The Morgan fingerprint density at radius 3 is 2.46 bits per heavy atom. The normalized spacial score (nSPS) is 21.2. The van der Waals surface area contributed by atoms with Crippen LogP contribution in [0.1, 0.15) is 28.9 Å². The molecule has 3 atom stereocenters. The van der Waals surface area contributed by atoms with Crippen molar-refractivity contribution in [2.75, 3.05) is 27.4 Å². The van der Waals surface area contributed by atoms with Crippen molar-refractivity contribution < 1.29 is 33.0 Å². The lowest BCUT2D eigenvalue weighted by Gasteiger charge is -2.37. The van der Waals surface area contributed by atoms with Crippen LogP contribution in [0.5, 0.6) is 11.5 Å². The number of hydrogen-bond acceptors (Lipinski definition) is 8. The number of carbonyl (C=O) groups excluding carboxylic acids is 2. The van der Waals surface area contributed by atoms with Crippen molar-refractivity contribution in [1.29, 1.82) is 0 Å². The minimum absolute atomic E-state index is 0.160. The van der Waals surface area contributed by atoms with E-state index in [1.807, 2.05) is 32.0 Å². The lowest BCUT2D eigenvalue weighted by Crippen LogP contribution is -2.43. The van der Waals surface area contributed by atoms with Gasteiger partial charge in [0, 0.05) is 12.0 Å². The molecule has 1 aromatic carbocycles. The summed E-state index contributed by atoms with van der Waals surface area (Å²) in [6.07, 6.45) is 0.435. The average molecular weight is 483 g/mol. The first-order valence-corrected chi connectivity index (χ1v) is 11.6. The number of benzene rings is 1. The van der Waals surface area contributed by atoms with E-state index in [1.165, 1.54) is 14.2 Å². The SMILES string of the molecule is COC(=O)[C@@H]1[C@@H](C(=O)OC)CC(COc2ccc(C)cc2C)=C2COc3cc(C)oc(=O)c3C[C@H]21. The van der Waals surface area contributed by atoms with E-state index in [0.717, 1.165) is 28.0 Å². The molecule has 0 bridgehead atoms. The maximum Gasteiger partial charge on any atom is 0.342 e. The van der Waals surface area contributed by atoms with Gasteiger partial charge in [-0.1, -0.05) is 17.7 Å². The molecule has 0 spiro atoms. The number of ether oxygens (including phenoxy) is 4. The summed E-state index contributed by atoms with van der Waals surface area (Å²) in [6, 6.07) is 7.60. The Balaban J connectivity index is 1.79. The summed E-state index contributed by atoms with van der Waals surface area (Å²) < 4.78 is 27.7. The van der Waals surface area contributed by atoms with Gasteiger partial charge < -0.3 is 23.4 Å². The van der Waals surface area contributed by atoms with E-state index < -0.39 is 35.3 Å². The van der Waals surface area contributed by atoms with E-state index in [0.29, 0.717) is 17.1 Å². The third-order valence-corrected chi connectivity index (χ3v) is 6.88. The number of hydrogen-bond donors (Lipinski definition) is 0. The highest BCUT2D eigenvalue weighted by atomic mass is 16.5. The van der Waals surface area contributed by atoms with Gasteiger partial charge in [0.05, 0.1) is 31.6 Å². The molecular formula is C27H30O8. The highest BCUT2D eigenvalue weighted by Gasteiger charge is 2.48. The summed E-state index contributed by atoms with van der Waals surface area (Å²) >= 11 is 0. The lowest BCUT2D eigenvalue weighted by atomic mass is 9.67. The molecule has 0 unspecified atom stereocenters. The molecule has 1 aromatic heterocycles. The summed E-state index contributed by atoms with van der Waals surface area (Å²) in [6.45, 7) is 6.04. The van der Waals surface area contributed by atoms with Gasteiger partial charge in [0.15, 0.2) is 0 Å². The molecule has 1 aliphatic heterocycles. The van der Waals surface area contributed by atoms with Crippen LogP contribution in [0.25, 0.3) is 0 Å². The first kappa shape index (κ1) is 24.6. The van der Waals surface area contributed by atoms with E-state index in [-0.39, 0.29) is 26.1 Å². The molecule has 2 aliphatic rings. The third kappa shape index (κ3) is 4.83. The fourth-order valence-corrected chi connectivity index (χ4v) is 5.16. The maximum atomic E-state index is 13.0. The second kappa shape index (κ2) is 9.98. The minimum atomic E-state index is -0.831. The van der Waals surface area contributed by atoms with Crippen LogP contribution in [0.2, 0.25) is 0 Å². The van der Waals surface area contributed by atoms with Gasteiger partial charge in [0.2, 0.25) is 0 Å². The van der Waals surface area contributed by atoms with Crippen LogP contribution in [0, 0.1) is 38.5 Å². The largest absolute Gasteiger partial charge is 0.489 e.